The molecule has 1 aliphatic carbocycles. The molecule has 0 bridgehead atoms. The third kappa shape index (κ3) is 3.57. The van der Waals surface area contributed by atoms with Crippen molar-refractivity contribution in [2.45, 2.75) is 45.6 Å². The Labute approximate surface area is 154 Å². The van der Waals surface area contributed by atoms with Crippen LogP contribution in [0.5, 0.6) is 0 Å². The van der Waals surface area contributed by atoms with E-state index in [4.69, 9.17) is 9.97 Å². The zero-order chi connectivity index (χ0) is 17.9. The van der Waals surface area contributed by atoms with Crippen molar-refractivity contribution in [3.8, 4) is 0 Å². The molecule has 0 saturated carbocycles. The van der Waals surface area contributed by atoms with Crippen LogP contribution in [-0.2, 0) is 24.2 Å². The number of carbonyl (C=O) groups is 1. The first-order valence-corrected chi connectivity index (χ1v) is 9.57. The molecule has 0 unspecified atom stereocenters. The van der Waals surface area contributed by atoms with Gasteiger partial charge in [0.1, 0.15) is 6.54 Å². The minimum atomic E-state index is 0.123. The summed E-state index contributed by atoms with van der Waals surface area (Å²) in [5.74, 6) is 0.961. The van der Waals surface area contributed by atoms with Gasteiger partial charge in [-0.15, -0.1) is 0 Å². The molecule has 0 atom stereocenters. The van der Waals surface area contributed by atoms with Crippen molar-refractivity contribution in [3.63, 3.8) is 0 Å². The summed E-state index contributed by atoms with van der Waals surface area (Å²) < 4.78 is 1.68. The summed E-state index contributed by atoms with van der Waals surface area (Å²) in [7, 11) is 0. The first kappa shape index (κ1) is 17.0. The van der Waals surface area contributed by atoms with Gasteiger partial charge in [-0.2, -0.15) is 5.10 Å². The van der Waals surface area contributed by atoms with E-state index in [1.54, 1.807) is 10.9 Å². The van der Waals surface area contributed by atoms with Crippen LogP contribution >= 0.6 is 0 Å². The second kappa shape index (κ2) is 7.43. The molecule has 3 heterocycles. The van der Waals surface area contributed by atoms with Crippen molar-refractivity contribution >= 4 is 11.9 Å². The zero-order valence-corrected chi connectivity index (χ0v) is 15.4. The number of aromatic nitrogens is 4. The van der Waals surface area contributed by atoms with Gasteiger partial charge in [0.15, 0.2) is 0 Å². The summed E-state index contributed by atoms with van der Waals surface area (Å²) in [6.45, 7) is 5.57. The van der Waals surface area contributed by atoms with Crippen LogP contribution < -0.4 is 4.90 Å². The number of hydrogen-bond acceptors (Lipinski definition) is 5. The second-order valence-corrected chi connectivity index (χ2v) is 7.17. The van der Waals surface area contributed by atoms with Crippen LogP contribution in [0.4, 0.5) is 5.95 Å². The minimum Gasteiger partial charge on any atom is -0.339 e. The lowest BCUT2D eigenvalue weighted by Gasteiger charge is -2.24. The standard InChI is InChI=1S/C19H26N6O/c1-15-16-6-2-3-7-17(16)22-19(21-15)24-10-5-9-23(12-13-24)18(26)14-25-11-4-8-20-25/h4,8,11H,2-3,5-7,9-10,12-14H2,1H3. The van der Waals surface area contributed by atoms with Gasteiger partial charge < -0.3 is 9.80 Å². The van der Waals surface area contributed by atoms with Crippen molar-refractivity contribution in [2.24, 2.45) is 0 Å². The highest BCUT2D eigenvalue weighted by atomic mass is 16.2. The average molecular weight is 354 g/mol. The maximum atomic E-state index is 12.5. The average Bonchev–Trinajstić information content (AvgIpc) is 3.03. The number of hydrogen-bond donors (Lipinski definition) is 0. The largest absolute Gasteiger partial charge is 0.339 e. The van der Waals surface area contributed by atoms with E-state index in [1.165, 1.54) is 24.1 Å². The fourth-order valence-corrected chi connectivity index (χ4v) is 3.91. The third-order valence-corrected chi connectivity index (χ3v) is 5.37. The quantitative estimate of drug-likeness (QED) is 0.838. The summed E-state index contributed by atoms with van der Waals surface area (Å²) in [4.78, 5) is 26.3. The summed E-state index contributed by atoms with van der Waals surface area (Å²) >= 11 is 0. The molecule has 2 aromatic rings. The van der Waals surface area contributed by atoms with Crippen LogP contribution in [0, 0.1) is 6.92 Å². The Bertz CT molecular complexity index is 773. The van der Waals surface area contributed by atoms with Gasteiger partial charge in [0.2, 0.25) is 11.9 Å². The summed E-state index contributed by atoms with van der Waals surface area (Å²) in [5, 5.41) is 4.13. The molecule has 1 saturated heterocycles. The van der Waals surface area contributed by atoms with E-state index in [1.807, 2.05) is 17.2 Å². The van der Waals surface area contributed by atoms with Crippen molar-refractivity contribution < 1.29 is 4.79 Å². The van der Waals surface area contributed by atoms with Gasteiger partial charge in [-0.1, -0.05) is 0 Å². The normalized spacial score (nSPS) is 17.7. The summed E-state index contributed by atoms with van der Waals surface area (Å²) in [6, 6.07) is 1.84. The fraction of sp³-hybridized carbons (Fsp3) is 0.579. The molecule has 26 heavy (non-hydrogen) atoms. The number of carbonyl (C=O) groups excluding carboxylic acids is 1. The van der Waals surface area contributed by atoms with Crippen LogP contribution in [0.2, 0.25) is 0 Å². The van der Waals surface area contributed by atoms with Crippen LogP contribution in [0.25, 0.3) is 0 Å². The lowest BCUT2D eigenvalue weighted by atomic mass is 9.95. The highest BCUT2D eigenvalue weighted by Gasteiger charge is 2.23. The van der Waals surface area contributed by atoms with E-state index in [0.717, 1.165) is 50.5 Å². The maximum Gasteiger partial charge on any atom is 0.244 e. The van der Waals surface area contributed by atoms with E-state index in [0.29, 0.717) is 13.1 Å². The highest BCUT2D eigenvalue weighted by Crippen LogP contribution is 2.24. The molecular weight excluding hydrogens is 328 g/mol. The zero-order valence-electron chi connectivity index (χ0n) is 15.4. The molecule has 2 aliphatic rings. The van der Waals surface area contributed by atoms with E-state index >= 15 is 0 Å². The van der Waals surface area contributed by atoms with Crippen LogP contribution in [0.3, 0.4) is 0 Å². The van der Waals surface area contributed by atoms with Crippen LogP contribution in [0.15, 0.2) is 18.5 Å². The van der Waals surface area contributed by atoms with Gasteiger partial charge in [-0.3, -0.25) is 9.48 Å². The van der Waals surface area contributed by atoms with Crippen molar-refractivity contribution in [2.75, 3.05) is 31.1 Å². The van der Waals surface area contributed by atoms with Gasteiger partial charge in [0.25, 0.3) is 0 Å². The lowest BCUT2D eigenvalue weighted by molar-refractivity contribution is -0.131. The molecule has 7 nitrogen and oxygen atoms in total. The van der Waals surface area contributed by atoms with Crippen molar-refractivity contribution in [3.05, 3.63) is 35.4 Å². The Hall–Kier alpha value is -2.44. The minimum absolute atomic E-state index is 0.123. The van der Waals surface area contributed by atoms with Crippen molar-refractivity contribution in [1.29, 1.82) is 0 Å². The lowest BCUT2D eigenvalue weighted by Crippen LogP contribution is -2.37. The Kier molecular flexibility index (Phi) is 4.86. The monoisotopic (exact) mass is 354 g/mol. The molecule has 0 N–H and O–H groups in total. The van der Waals surface area contributed by atoms with Crippen LogP contribution in [0.1, 0.15) is 36.2 Å². The molecule has 0 spiro atoms. The number of fused-ring (bicyclic) bond motifs is 1. The molecule has 1 amide bonds. The number of amides is 1. The molecule has 138 valence electrons. The van der Waals surface area contributed by atoms with Gasteiger partial charge in [0, 0.05) is 50.0 Å². The van der Waals surface area contributed by atoms with E-state index < -0.39 is 0 Å². The Balaban J connectivity index is 1.44. The molecular formula is C19H26N6O. The summed E-state index contributed by atoms with van der Waals surface area (Å²) in [5.41, 5.74) is 3.71. The fourth-order valence-electron chi connectivity index (χ4n) is 3.91. The predicted octanol–water partition coefficient (Wildman–Crippen LogP) is 1.60. The first-order valence-electron chi connectivity index (χ1n) is 9.57. The first-order chi connectivity index (χ1) is 12.7. The van der Waals surface area contributed by atoms with Crippen LogP contribution in [-0.4, -0.2) is 56.7 Å². The van der Waals surface area contributed by atoms with Gasteiger partial charge in [-0.25, -0.2) is 9.97 Å². The Morgan fingerprint density at radius 3 is 2.81 bits per heavy atom. The van der Waals surface area contributed by atoms with Crippen molar-refractivity contribution in [1.82, 2.24) is 24.6 Å². The number of aryl methyl sites for hydroxylation is 2. The molecule has 4 rings (SSSR count). The number of rotatable bonds is 3. The van der Waals surface area contributed by atoms with E-state index in [9.17, 15) is 4.79 Å². The van der Waals surface area contributed by atoms with Gasteiger partial charge in [0.05, 0.1) is 0 Å². The summed E-state index contributed by atoms with van der Waals surface area (Å²) in [6.07, 6.45) is 9.10. The highest BCUT2D eigenvalue weighted by molar-refractivity contribution is 5.76. The second-order valence-electron chi connectivity index (χ2n) is 7.17. The van der Waals surface area contributed by atoms with E-state index in [-0.39, 0.29) is 5.91 Å². The molecule has 1 fully saturated rings. The van der Waals surface area contributed by atoms with Gasteiger partial charge in [-0.05, 0) is 50.7 Å². The smallest absolute Gasteiger partial charge is 0.244 e. The molecule has 0 aromatic carbocycles. The number of nitrogens with zero attached hydrogens (tertiary/aromatic N) is 6. The molecule has 0 radical (unpaired) electrons. The SMILES string of the molecule is Cc1nc(N2CCCN(C(=O)Cn3cccn3)CC2)nc2c1CCCC2. The predicted molar refractivity (Wildman–Crippen MR) is 99.0 cm³/mol. The topological polar surface area (TPSA) is 67.2 Å². The van der Waals surface area contributed by atoms with Gasteiger partial charge >= 0.3 is 0 Å². The Morgan fingerprint density at radius 2 is 1.96 bits per heavy atom. The molecule has 7 heteroatoms. The maximum absolute atomic E-state index is 12.5. The Morgan fingerprint density at radius 1 is 1.08 bits per heavy atom. The number of anilines is 1. The molecule has 2 aromatic heterocycles. The third-order valence-electron chi connectivity index (χ3n) is 5.37. The molecule has 1 aliphatic heterocycles. The van der Waals surface area contributed by atoms with E-state index in [2.05, 4.69) is 16.9 Å².